The second-order valence-corrected chi connectivity index (χ2v) is 3.13. The first kappa shape index (κ1) is 10.1. The van der Waals surface area contributed by atoms with Crippen molar-refractivity contribution in [3.05, 3.63) is 23.8 Å². The topological polar surface area (TPSA) is 44.5 Å². The molecular weight excluding hydrogens is 211 g/mol. The number of halogens is 3. The zero-order valence-electron chi connectivity index (χ0n) is 7.54. The second-order valence-electron chi connectivity index (χ2n) is 3.13. The van der Waals surface area contributed by atoms with Crippen LogP contribution in [0.25, 0.3) is 0 Å². The van der Waals surface area contributed by atoms with Crippen LogP contribution in [0, 0.1) is 0 Å². The normalized spacial score (nSPS) is 16.5. The lowest BCUT2D eigenvalue weighted by Crippen LogP contribution is -2.28. The fraction of sp³-hybridized carbons (Fsp3) is 0.333. The van der Waals surface area contributed by atoms with E-state index < -0.39 is 12.2 Å². The third-order valence-electron chi connectivity index (χ3n) is 2.11. The van der Waals surface area contributed by atoms with Crippen LogP contribution in [-0.4, -0.2) is 13.0 Å². The van der Waals surface area contributed by atoms with Gasteiger partial charge in [0.05, 0.1) is 0 Å². The van der Waals surface area contributed by atoms with Crippen LogP contribution in [0.15, 0.2) is 18.2 Å². The maximum Gasteiger partial charge on any atom is 0.407 e. The van der Waals surface area contributed by atoms with Gasteiger partial charge in [0, 0.05) is 0 Å². The summed E-state index contributed by atoms with van der Waals surface area (Å²) in [6.07, 6.45) is -4.45. The standard InChI is InChI=1S/C9H8F3NO2/c10-9(11,12)8(13)5-1-2-6-7(3-5)15-4-14-6/h1-3,8H,4,13H2/t8-/m1/s1. The number of nitrogens with two attached hydrogens (primary N) is 1. The minimum absolute atomic E-state index is 0.0278. The molecule has 15 heavy (non-hydrogen) atoms. The lowest BCUT2D eigenvalue weighted by molar-refractivity contribution is -0.149. The summed E-state index contributed by atoms with van der Waals surface area (Å²) in [5.74, 6) is 0.736. The van der Waals surface area contributed by atoms with E-state index in [1.54, 1.807) is 0 Å². The first-order valence-corrected chi connectivity index (χ1v) is 4.20. The van der Waals surface area contributed by atoms with Gasteiger partial charge in [0.2, 0.25) is 6.79 Å². The summed E-state index contributed by atoms with van der Waals surface area (Å²) in [7, 11) is 0. The van der Waals surface area contributed by atoms with Gasteiger partial charge in [-0.1, -0.05) is 6.07 Å². The fourth-order valence-corrected chi connectivity index (χ4v) is 1.30. The molecule has 2 rings (SSSR count). The van der Waals surface area contributed by atoms with Crippen LogP contribution < -0.4 is 15.2 Å². The SMILES string of the molecule is N[C@H](c1ccc2c(c1)OCO2)C(F)(F)F. The van der Waals surface area contributed by atoms with Crippen molar-refractivity contribution in [1.29, 1.82) is 0 Å². The lowest BCUT2D eigenvalue weighted by Gasteiger charge is -2.15. The predicted molar refractivity (Wildman–Crippen MR) is 45.5 cm³/mol. The molecule has 1 atom stereocenters. The third-order valence-corrected chi connectivity index (χ3v) is 2.11. The van der Waals surface area contributed by atoms with E-state index in [9.17, 15) is 13.2 Å². The van der Waals surface area contributed by atoms with Crippen molar-refractivity contribution in [2.24, 2.45) is 5.73 Å². The van der Waals surface area contributed by atoms with Crippen molar-refractivity contribution in [2.45, 2.75) is 12.2 Å². The molecule has 2 N–H and O–H groups in total. The molecule has 0 aromatic heterocycles. The highest BCUT2D eigenvalue weighted by molar-refractivity contribution is 5.45. The number of rotatable bonds is 1. The van der Waals surface area contributed by atoms with Crippen LogP contribution in [-0.2, 0) is 0 Å². The first-order chi connectivity index (χ1) is 6.98. The number of ether oxygens (including phenoxy) is 2. The van der Waals surface area contributed by atoms with Crippen molar-refractivity contribution in [1.82, 2.24) is 0 Å². The zero-order chi connectivity index (χ0) is 11.1. The van der Waals surface area contributed by atoms with Gasteiger partial charge < -0.3 is 15.2 Å². The van der Waals surface area contributed by atoms with Crippen molar-refractivity contribution in [3.63, 3.8) is 0 Å². The summed E-state index contributed by atoms with van der Waals surface area (Å²) < 4.78 is 46.8. The van der Waals surface area contributed by atoms with E-state index in [-0.39, 0.29) is 12.4 Å². The monoisotopic (exact) mass is 219 g/mol. The molecule has 0 fully saturated rings. The van der Waals surface area contributed by atoms with Crippen molar-refractivity contribution < 1.29 is 22.6 Å². The van der Waals surface area contributed by atoms with E-state index in [1.807, 2.05) is 0 Å². The van der Waals surface area contributed by atoms with Gasteiger partial charge in [-0.15, -0.1) is 0 Å². The second kappa shape index (κ2) is 3.30. The molecule has 0 amide bonds. The first-order valence-electron chi connectivity index (χ1n) is 4.20. The molecule has 82 valence electrons. The Kier molecular flexibility index (Phi) is 2.22. The smallest absolute Gasteiger partial charge is 0.407 e. The maximum atomic E-state index is 12.3. The molecule has 1 aliphatic rings. The van der Waals surface area contributed by atoms with E-state index in [0.717, 1.165) is 0 Å². The summed E-state index contributed by atoms with van der Waals surface area (Å²) in [6.45, 7) is 0.0278. The summed E-state index contributed by atoms with van der Waals surface area (Å²) in [4.78, 5) is 0. The molecular formula is C9H8F3NO2. The van der Waals surface area contributed by atoms with Crippen molar-refractivity contribution in [3.8, 4) is 11.5 Å². The van der Waals surface area contributed by atoms with Crippen LogP contribution in [0.3, 0.4) is 0 Å². The van der Waals surface area contributed by atoms with Gasteiger partial charge in [-0.2, -0.15) is 13.2 Å². The molecule has 0 spiro atoms. The molecule has 1 aromatic rings. The van der Waals surface area contributed by atoms with Crippen LogP contribution in [0.2, 0.25) is 0 Å². The average molecular weight is 219 g/mol. The Morgan fingerprint density at radius 3 is 2.53 bits per heavy atom. The molecule has 1 aliphatic heterocycles. The van der Waals surface area contributed by atoms with Gasteiger partial charge in [-0.25, -0.2) is 0 Å². The summed E-state index contributed by atoms with van der Waals surface area (Å²) in [5.41, 5.74) is 5.01. The van der Waals surface area contributed by atoms with Crippen molar-refractivity contribution >= 4 is 0 Å². The molecule has 1 heterocycles. The Morgan fingerprint density at radius 1 is 1.20 bits per heavy atom. The van der Waals surface area contributed by atoms with Gasteiger partial charge in [-0.3, -0.25) is 0 Å². The summed E-state index contributed by atoms with van der Waals surface area (Å²) >= 11 is 0. The number of benzene rings is 1. The van der Waals surface area contributed by atoms with Crippen molar-refractivity contribution in [2.75, 3.05) is 6.79 Å². The Hall–Kier alpha value is -1.43. The van der Waals surface area contributed by atoms with Gasteiger partial charge >= 0.3 is 6.18 Å². The van der Waals surface area contributed by atoms with Gasteiger partial charge in [0.25, 0.3) is 0 Å². The predicted octanol–water partition coefficient (Wildman–Crippen LogP) is 1.98. The molecule has 0 saturated carbocycles. The zero-order valence-corrected chi connectivity index (χ0v) is 7.54. The van der Waals surface area contributed by atoms with Gasteiger partial charge in [0.15, 0.2) is 11.5 Å². The molecule has 0 radical (unpaired) electrons. The van der Waals surface area contributed by atoms with Gasteiger partial charge in [0.1, 0.15) is 6.04 Å². The molecule has 1 aromatic carbocycles. The number of alkyl halides is 3. The Morgan fingerprint density at radius 2 is 1.87 bits per heavy atom. The van der Waals surface area contributed by atoms with E-state index in [0.29, 0.717) is 11.5 Å². The van der Waals surface area contributed by atoms with Crippen LogP contribution >= 0.6 is 0 Å². The van der Waals surface area contributed by atoms with E-state index in [2.05, 4.69) is 0 Å². The molecule has 3 nitrogen and oxygen atoms in total. The fourth-order valence-electron chi connectivity index (χ4n) is 1.30. The lowest BCUT2D eigenvalue weighted by atomic mass is 10.1. The quantitative estimate of drug-likeness (QED) is 0.785. The average Bonchev–Trinajstić information content (AvgIpc) is 2.61. The Balaban J connectivity index is 2.31. The van der Waals surface area contributed by atoms with E-state index in [4.69, 9.17) is 15.2 Å². The van der Waals surface area contributed by atoms with Crippen LogP contribution in [0.4, 0.5) is 13.2 Å². The van der Waals surface area contributed by atoms with Crippen LogP contribution in [0.1, 0.15) is 11.6 Å². The highest BCUT2D eigenvalue weighted by Crippen LogP contribution is 2.37. The minimum Gasteiger partial charge on any atom is -0.454 e. The largest absolute Gasteiger partial charge is 0.454 e. The van der Waals surface area contributed by atoms with Crippen LogP contribution in [0.5, 0.6) is 11.5 Å². The number of hydrogen-bond donors (Lipinski definition) is 1. The Labute approximate surface area is 83.6 Å². The molecule has 0 saturated heterocycles. The highest BCUT2D eigenvalue weighted by atomic mass is 19.4. The highest BCUT2D eigenvalue weighted by Gasteiger charge is 2.38. The number of fused-ring (bicyclic) bond motifs is 1. The molecule has 6 heteroatoms. The summed E-state index contributed by atoms with van der Waals surface area (Å²) in [5, 5.41) is 0. The molecule has 0 unspecified atom stereocenters. The van der Waals surface area contributed by atoms with Gasteiger partial charge in [-0.05, 0) is 17.7 Å². The molecule has 0 aliphatic carbocycles. The summed E-state index contributed by atoms with van der Waals surface area (Å²) in [6, 6.07) is 1.96. The van der Waals surface area contributed by atoms with E-state index in [1.165, 1.54) is 18.2 Å². The molecule has 0 bridgehead atoms. The Bertz CT molecular complexity index is 378. The maximum absolute atomic E-state index is 12.3. The minimum atomic E-state index is -4.45. The third kappa shape index (κ3) is 1.85. The van der Waals surface area contributed by atoms with E-state index >= 15 is 0 Å². The number of hydrogen-bond acceptors (Lipinski definition) is 3.